The lowest BCUT2D eigenvalue weighted by Gasteiger charge is -2.16. The second-order valence-corrected chi connectivity index (χ2v) is 6.51. The monoisotopic (exact) mass is 322 g/mol. The number of amides is 1. The normalized spacial score (nSPS) is 18.1. The van der Waals surface area contributed by atoms with Crippen molar-refractivity contribution in [3.8, 4) is 0 Å². The summed E-state index contributed by atoms with van der Waals surface area (Å²) in [5.41, 5.74) is 3.01. The molecule has 1 aliphatic heterocycles. The maximum absolute atomic E-state index is 12.0. The van der Waals surface area contributed by atoms with Gasteiger partial charge in [-0.25, -0.2) is 0 Å². The molecule has 4 nitrogen and oxygen atoms in total. The molecule has 1 amide bonds. The SMILES string of the molecule is CCCN1CC(NCc2cccc3c2oc2ccccc23)CC1=O. The quantitative estimate of drug-likeness (QED) is 0.779. The molecule has 2 aromatic carbocycles. The minimum atomic E-state index is 0.226. The van der Waals surface area contributed by atoms with Gasteiger partial charge in [0.25, 0.3) is 0 Å². The number of nitrogens with one attached hydrogen (secondary N) is 1. The molecule has 2 heterocycles. The van der Waals surface area contributed by atoms with Gasteiger partial charge in [-0.1, -0.05) is 43.3 Å². The van der Waals surface area contributed by atoms with Gasteiger partial charge in [0.2, 0.25) is 5.91 Å². The van der Waals surface area contributed by atoms with E-state index in [1.165, 1.54) is 0 Å². The number of furan rings is 1. The van der Waals surface area contributed by atoms with E-state index in [-0.39, 0.29) is 11.9 Å². The van der Waals surface area contributed by atoms with E-state index < -0.39 is 0 Å². The highest BCUT2D eigenvalue weighted by molar-refractivity contribution is 6.05. The molecular formula is C20H22N2O2. The number of likely N-dealkylation sites (tertiary alicyclic amines) is 1. The Bertz CT molecular complexity index is 884. The van der Waals surface area contributed by atoms with Crippen LogP contribution in [0.1, 0.15) is 25.3 Å². The Labute approximate surface area is 141 Å². The van der Waals surface area contributed by atoms with Gasteiger partial charge in [0.15, 0.2) is 0 Å². The molecule has 0 bridgehead atoms. The lowest BCUT2D eigenvalue weighted by Crippen LogP contribution is -2.32. The van der Waals surface area contributed by atoms with E-state index in [1.54, 1.807) is 0 Å². The zero-order chi connectivity index (χ0) is 16.5. The third-order valence-electron chi connectivity index (χ3n) is 4.78. The third-order valence-corrected chi connectivity index (χ3v) is 4.78. The summed E-state index contributed by atoms with van der Waals surface area (Å²) in [6.07, 6.45) is 1.60. The van der Waals surface area contributed by atoms with Crippen LogP contribution in [0.15, 0.2) is 46.9 Å². The van der Waals surface area contributed by atoms with Gasteiger partial charge in [-0.3, -0.25) is 4.79 Å². The van der Waals surface area contributed by atoms with Crippen LogP contribution in [0.2, 0.25) is 0 Å². The fourth-order valence-corrected chi connectivity index (χ4v) is 3.59. The van der Waals surface area contributed by atoms with Gasteiger partial charge in [0, 0.05) is 48.4 Å². The number of benzene rings is 2. The molecule has 1 saturated heterocycles. The van der Waals surface area contributed by atoms with Gasteiger partial charge in [-0.15, -0.1) is 0 Å². The zero-order valence-electron chi connectivity index (χ0n) is 13.9. The number of nitrogens with zero attached hydrogens (tertiary/aromatic N) is 1. The number of carbonyl (C=O) groups is 1. The fourth-order valence-electron chi connectivity index (χ4n) is 3.59. The van der Waals surface area contributed by atoms with Crippen LogP contribution in [-0.2, 0) is 11.3 Å². The van der Waals surface area contributed by atoms with Crippen molar-refractivity contribution in [2.75, 3.05) is 13.1 Å². The Hall–Kier alpha value is -2.33. The molecule has 1 aromatic heterocycles. The summed E-state index contributed by atoms with van der Waals surface area (Å²) in [5.74, 6) is 0.260. The standard InChI is InChI=1S/C20H22N2O2/c1-2-10-22-13-15(11-19(22)23)21-12-14-6-5-8-17-16-7-3-4-9-18(16)24-20(14)17/h3-9,15,21H,2,10-13H2,1H3. The minimum absolute atomic E-state index is 0.226. The molecular weight excluding hydrogens is 300 g/mol. The third kappa shape index (κ3) is 2.67. The van der Waals surface area contributed by atoms with Crippen LogP contribution in [-0.4, -0.2) is 29.9 Å². The summed E-state index contributed by atoms with van der Waals surface area (Å²) in [6.45, 7) is 4.49. The molecule has 1 fully saturated rings. The highest BCUT2D eigenvalue weighted by Gasteiger charge is 2.28. The van der Waals surface area contributed by atoms with Crippen molar-refractivity contribution in [1.29, 1.82) is 0 Å². The van der Waals surface area contributed by atoms with Gasteiger partial charge in [-0.05, 0) is 12.5 Å². The van der Waals surface area contributed by atoms with Crippen LogP contribution in [0.4, 0.5) is 0 Å². The van der Waals surface area contributed by atoms with Crippen LogP contribution in [0.25, 0.3) is 21.9 Å². The molecule has 0 radical (unpaired) electrons. The second-order valence-electron chi connectivity index (χ2n) is 6.51. The summed E-state index contributed by atoms with van der Waals surface area (Å²) in [6, 6.07) is 14.6. The van der Waals surface area contributed by atoms with Gasteiger partial charge in [0.1, 0.15) is 11.2 Å². The summed E-state index contributed by atoms with van der Waals surface area (Å²) in [4.78, 5) is 13.9. The maximum atomic E-state index is 12.0. The molecule has 1 unspecified atom stereocenters. The lowest BCUT2D eigenvalue weighted by molar-refractivity contribution is -0.127. The molecule has 4 rings (SSSR count). The summed E-state index contributed by atoms with van der Waals surface area (Å²) in [7, 11) is 0. The van der Waals surface area contributed by atoms with Gasteiger partial charge in [-0.2, -0.15) is 0 Å². The van der Waals surface area contributed by atoms with Crippen molar-refractivity contribution in [3.05, 3.63) is 48.0 Å². The lowest BCUT2D eigenvalue weighted by atomic mass is 10.1. The highest BCUT2D eigenvalue weighted by Crippen LogP contribution is 2.30. The number of para-hydroxylation sites is 2. The Kier molecular flexibility index (Phi) is 3.98. The van der Waals surface area contributed by atoms with Crippen molar-refractivity contribution in [2.24, 2.45) is 0 Å². The van der Waals surface area contributed by atoms with Crippen molar-refractivity contribution in [3.63, 3.8) is 0 Å². The van der Waals surface area contributed by atoms with E-state index in [0.717, 1.165) is 53.6 Å². The Morgan fingerprint density at radius 2 is 2.00 bits per heavy atom. The Balaban J connectivity index is 1.54. The molecule has 1 N–H and O–H groups in total. The first-order chi connectivity index (χ1) is 11.8. The predicted octanol–water partition coefficient (Wildman–Crippen LogP) is 3.69. The van der Waals surface area contributed by atoms with Crippen LogP contribution < -0.4 is 5.32 Å². The maximum Gasteiger partial charge on any atom is 0.224 e. The number of carbonyl (C=O) groups excluding carboxylic acids is 1. The largest absolute Gasteiger partial charge is 0.456 e. The van der Waals surface area contributed by atoms with Gasteiger partial charge >= 0.3 is 0 Å². The average molecular weight is 322 g/mol. The first kappa shape index (κ1) is 15.2. The summed E-state index contributed by atoms with van der Waals surface area (Å²) < 4.78 is 6.06. The van der Waals surface area contributed by atoms with E-state index in [9.17, 15) is 4.79 Å². The molecule has 0 spiro atoms. The van der Waals surface area contributed by atoms with Crippen LogP contribution in [0.3, 0.4) is 0 Å². The molecule has 0 aliphatic carbocycles. The van der Waals surface area contributed by atoms with Crippen molar-refractivity contribution in [2.45, 2.75) is 32.4 Å². The topological polar surface area (TPSA) is 45.5 Å². The fraction of sp³-hybridized carbons (Fsp3) is 0.350. The average Bonchev–Trinajstić information content (AvgIpc) is 3.14. The Morgan fingerprint density at radius 1 is 1.17 bits per heavy atom. The van der Waals surface area contributed by atoms with Crippen molar-refractivity contribution < 1.29 is 9.21 Å². The highest BCUT2D eigenvalue weighted by atomic mass is 16.3. The van der Waals surface area contributed by atoms with E-state index in [1.807, 2.05) is 23.1 Å². The van der Waals surface area contributed by atoms with Gasteiger partial charge in [0.05, 0.1) is 0 Å². The molecule has 124 valence electrons. The summed E-state index contributed by atoms with van der Waals surface area (Å²) >= 11 is 0. The molecule has 24 heavy (non-hydrogen) atoms. The van der Waals surface area contributed by atoms with E-state index in [0.29, 0.717) is 6.42 Å². The molecule has 4 heteroatoms. The van der Waals surface area contributed by atoms with Crippen LogP contribution in [0.5, 0.6) is 0 Å². The van der Waals surface area contributed by atoms with Crippen molar-refractivity contribution >= 4 is 27.8 Å². The van der Waals surface area contributed by atoms with E-state index >= 15 is 0 Å². The molecule has 1 aliphatic rings. The first-order valence-corrected chi connectivity index (χ1v) is 8.66. The molecule has 0 saturated carbocycles. The second kappa shape index (κ2) is 6.29. The number of rotatable bonds is 5. The summed E-state index contributed by atoms with van der Waals surface area (Å²) in [5, 5.41) is 5.84. The molecule has 3 aromatic rings. The van der Waals surface area contributed by atoms with E-state index in [4.69, 9.17) is 4.42 Å². The number of hydrogen-bond acceptors (Lipinski definition) is 3. The number of fused-ring (bicyclic) bond motifs is 3. The smallest absolute Gasteiger partial charge is 0.224 e. The minimum Gasteiger partial charge on any atom is -0.456 e. The van der Waals surface area contributed by atoms with Crippen LogP contribution in [0, 0.1) is 0 Å². The number of hydrogen-bond donors (Lipinski definition) is 1. The first-order valence-electron chi connectivity index (χ1n) is 8.66. The molecule has 1 atom stereocenters. The van der Waals surface area contributed by atoms with E-state index in [2.05, 4.69) is 36.5 Å². The van der Waals surface area contributed by atoms with Crippen molar-refractivity contribution in [1.82, 2.24) is 10.2 Å². The van der Waals surface area contributed by atoms with Gasteiger partial charge < -0.3 is 14.6 Å². The zero-order valence-corrected chi connectivity index (χ0v) is 13.9. The Morgan fingerprint density at radius 3 is 2.88 bits per heavy atom. The van der Waals surface area contributed by atoms with Crippen LogP contribution >= 0.6 is 0 Å². The predicted molar refractivity (Wildman–Crippen MR) is 95.8 cm³/mol.